The Labute approximate surface area is 281 Å². The highest BCUT2D eigenvalue weighted by atomic mass is 16.3. The number of hydrogen-bond donors (Lipinski definition) is 0. The summed E-state index contributed by atoms with van der Waals surface area (Å²) >= 11 is 0. The van der Waals surface area contributed by atoms with E-state index < -0.39 is 0 Å². The van der Waals surface area contributed by atoms with Crippen LogP contribution in [0.15, 0.2) is 174 Å². The molecule has 49 heavy (non-hydrogen) atoms. The maximum absolute atomic E-state index is 6.60. The minimum absolute atomic E-state index is 0.898. The normalized spacial score (nSPS) is 12.1. The SMILES string of the molecule is c1ccc(-c2ccc(-n3c4ccccc4c4ccc5c(c6ccccc6n5-c5cccc6c5oc5ccccc56)c43)c3ccccc23)cc1. The first-order chi connectivity index (χ1) is 24.3. The highest BCUT2D eigenvalue weighted by molar-refractivity contribution is 6.27. The third-order valence-electron chi connectivity index (χ3n) is 10.3. The summed E-state index contributed by atoms with van der Waals surface area (Å²) in [5.74, 6) is 0. The van der Waals surface area contributed by atoms with Gasteiger partial charge in [0.25, 0.3) is 0 Å². The first kappa shape index (κ1) is 26.5. The van der Waals surface area contributed by atoms with Gasteiger partial charge in [0.1, 0.15) is 5.58 Å². The molecular formula is C46H28N2O. The molecule has 0 radical (unpaired) electrons. The number of rotatable bonds is 3. The van der Waals surface area contributed by atoms with Crippen LogP contribution in [0.1, 0.15) is 0 Å². The highest BCUT2D eigenvalue weighted by Gasteiger charge is 2.23. The van der Waals surface area contributed by atoms with Crippen LogP contribution in [0.3, 0.4) is 0 Å². The Kier molecular flexibility index (Phi) is 5.38. The number of fused-ring (bicyclic) bond motifs is 11. The van der Waals surface area contributed by atoms with Crippen LogP contribution in [0.25, 0.3) is 98.8 Å². The molecule has 0 saturated heterocycles. The third-order valence-corrected chi connectivity index (χ3v) is 10.3. The van der Waals surface area contributed by atoms with E-state index in [-0.39, 0.29) is 0 Å². The van der Waals surface area contributed by atoms with E-state index in [1.54, 1.807) is 0 Å². The monoisotopic (exact) mass is 624 g/mol. The molecule has 3 heterocycles. The Morgan fingerprint density at radius 1 is 0.347 bits per heavy atom. The van der Waals surface area contributed by atoms with E-state index in [1.807, 2.05) is 6.07 Å². The van der Waals surface area contributed by atoms with E-state index in [9.17, 15) is 0 Å². The van der Waals surface area contributed by atoms with Crippen LogP contribution in [-0.2, 0) is 0 Å². The molecule has 0 bridgehead atoms. The van der Waals surface area contributed by atoms with Gasteiger partial charge in [0, 0.05) is 37.7 Å². The first-order valence-electron chi connectivity index (χ1n) is 16.8. The molecule has 0 aliphatic carbocycles. The Morgan fingerprint density at radius 3 is 1.84 bits per heavy atom. The summed E-state index contributed by atoms with van der Waals surface area (Å²) in [6.07, 6.45) is 0. The van der Waals surface area contributed by atoms with Gasteiger partial charge in [0.2, 0.25) is 0 Å². The zero-order valence-electron chi connectivity index (χ0n) is 26.5. The summed E-state index contributed by atoms with van der Waals surface area (Å²) in [4.78, 5) is 0. The van der Waals surface area contributed by atoms with E-state index in [4.69, 9.17) is 4.42 Å². The van der Waals surface area contributed by atoms with Crippen molar-refractivity contribution in [1.82, 2.24) is 9.13 Å². The molecule has 11 rings (SSSR count). The summed E-state index contributed by atoms with van der Waals surface area (Å²) in [6.45, 7) is 0. The summed E-state index contributed by atoms with van der Waals surface area (Å²) in [6, 6.07) is 61.2. The molecule has 0 aliphatic rings. The van der Waals surface area contributed by atoms with Crippen LogP contribution in [0.4, 0.5) is 0 Å². The predicted octanol–water partition coefficient (Wildman–Crippen LogP) is 12.6. The Hall–Kier alpha value is -6.58. The van der Waals surface area contributed by atoms with Gasteiger partial charge in [0.05, 0.1) is 33.4 Å². The molecule has 3 nitrogen and oxygen atoms in total. The number of nitrogens with zero attached hydrogens (tertiary/aromatic N) is 2. The van der Waals surface area contributed by atoms with Gasteiger partial charge in [-0.1, -0.05) is 133 Å². The van der Waals surface area contributed by atoms with E-state index >= 15 is 0 Å². The fraction of sp³-hybridized carbons (Fsp3) is 0. The molecule has 0 atom stereocenters. The molecular weight excluding hydrogens is 597 g/mol. The third kappa shape index (κ3) is 3.62. The van der Waals surface area contributed by atoms with Gasteiger partial charge in [-0.3, -0.25) is 0 Å². The largest absolute Gasteiger partial charge is 0.454 e. The second-order valence-corrected chi connectivity index (χ2v) is 12.9. The quantitative estimate of drug-likeness (QED) is 0.192. The van der Waals surface area contributed by atoms with Crippen LogP contribution in [0.5, 0.6) is 0 Å². The lowest BCUT2D eigenvalue weighted by molar-refractivity contribution is 0.666. The number of hydrogen-bond acceptors (Lipinski definition) is 1. The molecule has 0 spiro atoms. The van der Waals surface area contributed by atoms with Crippen LogP contribution in [-0.4, -0.2) is 9.13 Å². The molecule has 0 unspecified atom stereocenters. The van der Waals surface area contributed by atoms with E-state index in [1.165, 1.54) is 60.2 Å². The van der Waals surface area contributed by atoms with Crippen LogP contribution >= 0.6 is 0 Å². The van der Waals surface area contributed by atoms with Gasteiger partial charge >= 0.3 is 0 Å². The van der Waals surface area contributed by atoms with Crippen molar-refractivity contribution in [2.45, 2.75) is 0 Å². The number of benzene rings is 8. The van der Waals surface area contributed by atoms with Gasteiger partial charge in [-0.15, -0.1) is 0 Å². The van der Waals surface area contributed by atoms with Crippen molar-refractivity contribution in [1.29, 1.82) is 0 Å². The van der Waals surface area contributed by atoms with Gasteiger partial charge < -0.3 is 13.6 Å². The van der Waals surface area contributed by atoms with E-state index in [2.05, 4.69) is 173 Å². The van der Waals surface area contributed by atoms with Crippen molar-refractivity contribution in [3.05, 3.63) is 170 Å². The zero-order chi connectivity index (χ0) is 32.1. The van der Waals surface area contributed by atoms with Gasteiger partial charge in [0.15, 0.2) is 5.58 Å². The van der Waals surface area contributed by atoms with Crippen molar-refractivity contribution in [3.63, 3.8) is 0 Å². The second-order valence-electron chi connectivity index (χ2n) is 12.9. The van der Waals surface area contributed by atoms with Crippen LogP contribution < -0.4 is 0 Å². The van der Waals surface area contributed by atoms with E-state index in [0.29, 0.717) is 0 Å². The topological polar surface area (TPSA) is 23.0 Å². The summed E-state index contributed by atoms with van der Waals surface area (Å²) in [5, 5.41) is 9.64. The van der Waals surface area contributed by atoms with Crippen molar-refractivity contribution in [2.75, 3.05) is 0 Å². The summed E-state index contributed by atoms with van der Waals surface area (Å²) < 4.78 is 11.5. The van der Waals surface area contributed by atoms with Crippen molar-refractivity contribution in [2.24, 2.45) is 0 Å². The lowest BCUT2D eigenvalue weighted by Gasteiger charge is -2.15. The maximum atomic E-state index is 6.60. The van der Waals surface area contributed by atoms with Gasteiger partial charge in [-0.25, -0.2) is 0 Å². The molecule has 0 fully saturated rings. The first-order valence-corrected chi connectivity index (χ1v) is 16.8. The molecule has 0 saturated carbocycles. The Bertz CT molecular complexity index is 3100. The average molecular weight is 625 g/mol. The maximum Gasteiger partial charge on any atom is 0.159 e. The predicted molar refractivity (Wildman–Crippen MR) is 205 cm³/mol. The minimum atomic E-state index is 0.898. The molecule has 8 aromatic carbocycles. The van der Waals surface area contributed by atoms with Crippen LogP contribution in [0.2, 0.25) is 0 Å². The molecule has 3 aromatic heterocycles. The van der Waals surface area contributed by atoms with Crippen molar-refractivity contribution < 1.29 is 4.42 Å². The van der Waals surface area contributed by atoms with E-state index in [0.717, 1.165) is 38.7 Å². The minimum Gasteiger partial charge on any atom is -0.454 e. The number of aromatic nitrogens is 2. The standard InChI is InChI=1S/C46H28N2O/c1-2-13-29(14-3-1)30-25-27-40(32-16-5-4-15-31(30)32)48-38-21-9-6-17-33(38)35-26-28-41-44(45(35)48)37-19-7-10-22-39(37)47(41)42-23-12-20-36-34-18-8-11-24-43(34)49-46(36)42/h1-28H. The molecule has 11 aromatic rings. The van der Waals surface area contributed by atoms with Crippen molar-refractivity contribution >= 4 is 76.3 Å². The highest BCUT2D eigenvalue weighted by Crippen LogP contribution is 2.45. The summed E-state index contributed by atoms with van der Waals surface area (Å²) in [5.41, 5.74) is 11.2. The number of furan rings is 1. The Balaban J connectivity index is 1.30. The molecule has 0 amide bonds. The van der Waals surface area contributed by atoms with Gasteiger partial charge in [-0.05, 0) is 52.9 Å². The van der Waals surface area contributed by atoms with Crippen LogP contribution in [0, 0.1) is 0 Å². The lowest BCUT2D eigenvalue weighted by atomic mass is 9.97. The Morgan fingerprint density at radius 2 is 1.00 bits per heavy atom. The zero-order valence-corrected chi connectivity index (χ0v) is 26.5. The second kappa shape index (κ2) is 9.96. The lowest BCUT2D eigenvalue weighted by Crippen LogP contribution is -1.97. The molecule has 228 valence electrons. The molecule has 3 heteroatoms. The fourth-order valence-electron chi connectivity index (χ4n) is 8.27. The molecule has 0 aliphatic heterocycles. The van der Waals surface area contributed by atoms with Gasteiger partial charge in [-0.2, -0.15) is 0 Å². The smallest absolute Gasteiger partial charge is 0.159 e. The summed E-state index contributed by atoms with van der Waals surface area (Å²) in [7, 11) is 0. The fourth-order valence-corrected chi connectivity index (χ4v) is 8.27. The molecule has 0 N–H and O–H groups in total. The number of para-hydroxylation sites is 4. The average Bonchev–Trinajstić information content (AvgIpc) is 3.82. The van der Waals surface area contributed by atoms with Crippen molar-refractivity contribution in [3.8, 4) is 22.5 Å².